The summed E-state index contributed by atoms with van der Waals surface area (Å²) in [7, 11) is -1.80. The van der Waals surface area contributed by atoms with Crippen LogP contribution in [0.15, 0.2) is 17.2 Å². The van der Waals surface area contributed by atoms with Gasteiger partial charge in [0, 0.05) is 32.0 Å². The van der Waals surface area contributed by atoms with Gasteiger partial charge in [0.15, 0.2) is 0 Å². The second kappa shape index (κ2) is 6.94. The van der Waals surface area contributed by atoms with Crippen LogP contribution in [0.1, 0.15) is 44.7 Å². The molecular weight excluding hydrogens is 288 g/mol. The summed E-state index contributed by atoms with van der Waals surface area (Å²) >= 11 is 0. The molecule has 1 fully saturated rings. The summed E-state index contributed by atoms with van der Waals surface area (Å²) in [5, 5.41) is 9.36. The summed E-state index contributed by atoms with van der Waals surface area (Å²) in [5.74, 6) is 0.486. The Hall–Kier alpha value is -0.850. The lowest BCUT2D eigenvalue weighted by molar-refractivity contribution is 0.270. The van der Waals surface area contributed by atoms with E-state index in [-0.39, 0.29) is 6.61 Å². The zero-order valence-electron chi connectivity index (χ0n) is 13.0. The molecule has 0 saturated heterocycles. The van der Waals surface area contributed by atoms with Crippen LogP contribution in [-0.4, -0.2) is 36.0 Å². The molecule has 0 unspecified atom stereocenters. The molecule has 0 bridgehead atoms. The van der Waals surface area contributed by atoms with Gasteiger partial charge in [0.25, 0.3) is 0 Å². The van der Waals surface area contributed by atoms with Gasteiger partial charge < -0.3 is 9.67 Å². The van der Waals surface area contributed by atoms with Crippen LogP contribution in [0.2, 0.25) is 0 Å². The molecule has 0 amide bonds. The topological polar surface area (TPSA) is 62.5 Å². The summed E-state index contributed by atoms with van der Waals surface area (Å²) < 4.78 is 28.6. The number of aliphatic hydroxyl groups excluding tert-OH is 1. The average molecular weight is 314 g/mol. The van der Waals surface area contributed by atoms with Crippen LogP contribution >= 0.6 is 0 Å². The Morgan fingerprint density at radius 2 is 2.05 bits per heavy atom. The first-order valence-electron chi connectivity index (χ1n) is 7.75. The van der Waals surface area contributed by atoms with Gasteiger partial charge in [-0.15, -0.1) is 0 Å². The minimum absolute atomic E-state index is 0.137. The second-order valence-corrected chi connectivity index (χ2v) is 8.00. The number of nitrogens with zero attached hydrogens (tertiary/aromatic N) is 2. The molecule has 0 radical (unpaired) electrons. The molecule has 2 rings (SSSR count). The van der Waals surface area contributed by atoms with Gasteiger partial charge in [-0.05, 0) is 31.2 Å². The van der Waals surface area contributed by atoms with Crippen molar-refractivity contribution >= 4 is 10.0 Å². The number of hydrogen-bond donors (Lipinski definition) is 1. The summed E-state index contributed by atoms with van der Waals surface area (Å²) in [6.07, 6.45) is 7.21. The monoisotopic (exact) mass is 314 g/mol. The van der Waals surface area contributed by atoms with E-state index >= 15 is 0 Å². The van der Waals surface area contributed by atoms with Crippen molar-refractivity contribution in [3.63, 3.8) is 0 Å². The van der Waals surface area contributed by atoms with Crippen LogP contribution < -0.4 is 0 Å². The van der Waals surface area contributed by atoms with E-state index in [1.807, 2.05) is 11.5 Å². The predicted octanol–water partition coefficient (Wildman–Crippen LogP) is 2.20. The van der Waals surface area contributed by atoms with Gasteiger partial charge in [0.05, 0.1) is 6.61 Å². The first-order valence-corrected chi connectivity index (χ1v) is 9.19. The van der Waals surface area contributed by atoms with E-state index in [0.717, 1.165) is 25.8 Å². The Morgan fingerprint density at radius 3 is 2.62 bits per heavy atom. The van der Waals surface area contributed by atoms with Crippen molar-refractivity contribution in [1.82, 2.24) is 8.87 Å². The fraction of sp³-hybridized carbons (Fsp3) is 0.733. The van der Waals surface area contributed by atoms with Gasteiger partial charge in [-0.3, -0.25) is 0 Å². The van der Waals surface area contributed by atoms with E-state index in [2.05, 4.69) is 0 Å². The van der Waals surface area contributed by atoms with Crippen LogP contribution in [0.5, 0.6) is 0 Å². The number of rotatable bonds is 7. The largest absolute Gasteiger partial charge is 0.390 e. The lowest BCUT2D eigenvalue weighted by Crippen LogP contribution is -2.31. The highest BCUT2D eigenvalue weighted by Crippen LogP contribution is 2.27. The van der Waals surface area contributed by atoms with E-state index in [0.29, 0.717) is 23.1 Å². The molecule has 1 N–H and O–H groups in total. The maximum absolute atomic E-state index is 12.6. The Balaban J connectivity index is 2.17. The summed E-state index contributed by atoms with van der Waals surface area (Å²) in [5.41, 5.74) is 0.657. The zero-order chi connectivity index (χ0) is 15.5. The number of aryl methyl sites for hydroxylation is 1. The highest BCUT2D eigenvalue weighted by Gasteiger charge is 2.27. The van der Waals surface area contributed by atoms with Crippen LogP contribution in [0.25, 0.3) is 0 Å². The minimum Gasteiger partial charge on any atom is -0.390 e. The number of aromatic nitrogens is 1. The molecule has 120 valence electrons. The van der Waals surface area contributed by atoms with Crippen molar-refractivity contribution in [3.05, 3.63) is 18.0 Å². The molecule has 0 aromatic carbocycles. The molecule has 5 nitrogen and oxygen atoms in total. The third kappa shape index (κ3) is 3.67. The van der Waals surface area contributed by atoms with Crippen molar-refractivity contribution in [2.45, 2.75) is 57.1 Å². The van der Waals surface area contributed by atoms with Crippen molar-refractivity contribution in [3.8, 4) is 0 Å². The summed E-state index contributed by atoms with van der Waals surface area (Å²) in [6.45, 7) is 3.21. The molecule has 6 heteroatoms. The molecule has 1 saturated carbocycles. The van der Waals surface area contributed by atoms with Crippen LogP contribution in [0.4, 0.5) is 0 Å². The van der Waals surface area contributed by atoms with E-state index in [9.17, 15) is 13.5 Å². The van der Waals surface area contributed by atoms with E-state index < -0.39 is 10.0 Å². The van der Waals surface area contributed by atoms with Gasteiger partial charge in [0.1, 0.15) is 4.90 Å². The molecule has 0 aliphatic heterocycles. The normalized spacial score (nSPS) is 17.0. The molecule has 1 heterocycles. The van der Waals surface area contributed by atoms with Crippen molar-refractivity contribution in [2.75, 3.05) is 13.6 Å². The average Bonchev–Trinajstić information content (AvgIpc) is 3.08. The molecule has 0 spiro atoms. The van der Waals surface area contributed by atoms with Crippen molar-refractivity contribution in [2.24, 2.45) is 5.92 Å². The van der Waals surface area contributed by atoms with E-state index in [1.165, 1.54) is 17.1 Å². The molecular formula is C15H26N2O3S. The van der Waals surface area contributed by atoms with Gasteiger partial charge in [0.2, 0.25) is 10.0 Å². The highest BCUT2D eigenvalue weighted by molar-refractivity contribution is 7.89. The van der Waals surface area contributed by atoms with Gasteiger partial charge in [-0.1, -0.05) is 19.8 Å². The van der Waals surface area contributed by atoms with Gasteiger partial charge >= 0.3 is 0 Å². The lowest BCUT2D eigenvalue weighted by Gasteiger charge is -2.20. The van der Waals surface area contributed by atoms with E-state index in [4.69, 9.17) is 0 Å². The van der Waals surface area contributed by atoms with Crippen molar-refractivity contribution < 1.29 is 13.5 Å². The fourth-order valence-corrected chi connectivity index (χ4v) is 4.39. The van der Waals surface area contributed by atoms with Crippen LogP contribution in [-0.2, 0) is 23.2 Å². The van der Waals surface area contributed by atoms with Gasteiger partial charge in [-0.2, -0.15) is 0 Å². The number of sulfonamides is 1. The molecule has 21 heavy (non-hydrogen) atoms. The first-order chi connectivity index (χ1) is 9.98. The highest BCUT2D eigenvalue weighted by atomic mass is 32.2. The first kappa shape index (κ1) is 16.5. The SMILES string of the molecule is CCCn1cc(S(=O)(=O)N(C)CC2CCCC2)cc1CO. The molecule has 1 aliphatic rings. The standard InChI is InChI=1S/C15H26N2O3S/c1-3-8-17-11-15(9-14(17)12-18)21(19,20)16(2)10-13-6-4-5-7-13/h9,11,13,18H,3-8,10,12H2,1-2H3. The Kier molecular flexibility index (Phi) is 5.46. The second-order valence-electron chi connectivity index (χ2n) is 5.95. The van der Waals surface area contributed by atoms with Crippen molar-refractivity contribution in [1.29, 1.82) is 0 Å². The number of aliphatic hydroxyl groups is 1. The molecule has 0 atom stereocenters. The Labute approximate surface area is 127 Å². The maximum atomic E-state index is 12.6. The Morgan fingerprint density at radius 1 is 1.38 bits per heavy atom. The quantitative estimate of drug-likeness (QED) is 0.839. The summed E-state index contributed by atoms with van der Waals surface area (Å²) in [4.78, 5) is 0.292. The summed E-state index contributed by atoms with van der Waals surface area (Å²) in [6, 6.07) is 1.59. The maximum Gasteiger partial charge on any atom is 0.244 e. The van der Waals surface area contributed by atoms with Crippen LogP contribution in [0, 0.1) is 5.92 Å². The number of hydrogen-bond acceptors (Lipinski definition) is 3. The smallest absolute Gasteiger partial charge is 0.244 e. The predicted molar refractivity (Wildman–Crippen MR) is 82.4 cm³/mol. The fourth-order valence-electron chi connectivity index (χ4n) is 3.08. The Bertz CT molecular complexity index is 559. The third-order valence-electron chi connectivity index (χ3n) is 4.29. The third-order valence-corrected chi connectivity index (χ3v) is 6.07. The molecule has 1 aliphatic carbocycles. The van der Waals surface area contributed by atoms with Crippen LogP contribution in [0.3, 0.4) is 0 Å². The zero-order valence-corrected chi connectivity index (χ0v) is 13.8. The van der Waals surface area contributed by atoms with Gasteiger partial charge in [-0.25, -0.2) is 12.7 Å². The minimum atomic E-state index is -3.46. The molecule has 1 aromatic rings. The van der Waals surface area contributed by atoms with E-state index in [1.54, 1.807) is 19.3 Å². The molecule has 1 aromatic heterocycles. The lowest BCUT2D eigenvalue weighted by atomic mass is 10.1.